The van der Waals surface area contributed by atoms with Crippen LogP contribution in [0.25, 0.3) is 28.0 Å². The Morgan fingerprint density at radius 1 is 0.885 bits per heavy atom. The second-order valence-electron chi connectivity index (χ2n) is 6.40. The average Bonchev–Trinajstić information content (AvgIpc) is 3.06. The van der Waals surface area contributed by atoms with Crippen LogP contribution in [0.2, 0.25) is 0 Å². The Kier molecular flexibility index (Phi) is 2.97. The molecule has 0 radical (unpaired) electrons. The summed E-state index contributed by atoms with van der Waals surface area (Å²) in [7, 11) is 0. The van der Waals surface area contributed by atoms with Gasteiger partial charge in [0.2, 0.25) is 0 Å². The predicted molar refractivity (Wildman–Crippen MR) is 101 cm³/mol. The third-order valence-electron chi connectivity index (χ3n) is 5.06. The molecule has 4 heteroatoms. The molecule has 3 aromatic carbocycles. The SMILES string of the molecule is O=C(O)C1(c2cccc3c2oc2ccccc23)NC=Cc2ccccc21. The van der Waals surface area contributed by atoms with Crippen LogP contribution in [0.1, 0.15) is 16.7 Å². The normalized spacial score (nSPS) is 18.6. The van der Waals surface area contributed by atoms with Gasteiger partial charge in [0.1, 0.15) is 11.2 Å². The molecule has 0 saturated heterocycles. The van der Waals surface area contributed by atoms with E-state index in [1.54, 1.807) is 6.20 Å². The third kappa shape index (κ3) is 1.81. The van der Waals surface area contributed by atoms with Gasteiger partial charge >= 0.3 is 5.97 Å². The number of aliphatic carboxylic acids is 1. The smallest absolute Gasteiger partial charge is 0.338 e. The van der Waals surface area contributed by atoms with Crippen molar-refractivity contribution in [2.75, 3.05) is 0 Å². The summed E-state index contributed by atoms with van der Waals surface area (Å²) in [6, 6.07) is 20.9. The average molecular weight is 341 g/mol. The van der Waals surface area contributed by atoms with E-state index < -0.39 is 11.5 Å². The summed E-state index contributed by atoms with van der Waals surface area (Å²) in [5.74, 6) is -0.970. The fourth-order valence-electron chi connectivity index (χ4n) is 3.88. The first-order valence-corrected chi connectivity index (χ1v) is 8.40. The molecule has 0 bridgehead atoms. The number of carboxylic acids is 1. The molecule has 126 valence electrons. The molecule has 0 aliphatic carbocycles. The van der Waals surface area contributed by atoms with Crippen molar-refractivity contribution in [1.29, 1.82) is 0 Å². The number of carboxylic acid groups (broad SMARTS) is 1. The van der Waals surface area contributed by atoms with Crippen LogP contribution in [-0.2, 0) is 10.3 Å². The zero-order valence-corrected chi connectivity index (χ0v) is 13.8. The molecule has 2 heterocycles. The molecule has 0 fully saturated rings. The van der Waals surface area contributed by atoms with E-state index in [0.717, 1.165) is 21.9 Å². The van der Waals surface area contributed by atoms with Gasteiger partial charge in [-0.2, -0.15) is 0 Å². The summed E-state index contributed by atoms with van der Waals surface area (Å²) in [5, 5.41) is 15.3. The second-order valence-corrected chi connectivity index (χ2v) is 6.40. The highest BCUT2D eigenvalue weighted by molar-refractivity contribution is 6.07. The van der Waals surface area contributed by atoms with Gasteiger partial charge in [0.25, 0.3) is 0 Å². The summed E-state index contributed by atoms with van der Waals surface area (Å²) in [4.78, 5) is 12.6. The first kappa shape index (κ1) is 14.8. The molecule has 0 amide bonds. The molecule has 4 nitrogen and oxygen atoms in total. The van der Waals surface area contributed by atoms with Gasteiger partial charge in [-0.25, -0.2) is 4.79 Å². The van der Waals surface area contributed by atoms with Crippen LogP contribution in [0, 0.1) is 0 Å². The maximum atomic E-state index is 12.6. The Labute approximate surface area is 149 Å². The minimum Gasteiger partial charge on any atom is -0.479 e. The maximum absolute atomic E-state index is 12.6. The third-order valence-corrected chi connectivity index (χ3v) is 5.06. The number of furan rings is 1. The molecule has 1 aliphatic rings. The zero-order chi connectivity index (χ0) is 17.7. The zero-order valence-electron chi connectivity index (χ0n) is 13.8. The van der Waals surface area contributed by atoms with Crippen molar-refractivity contribution >= 4 is 34.0 Å². The van der Waals surface area contributed by atoms with Gasteiger partial charge in [0, 0.05) is 21.9 Å². The minimum absolute atomic E-state index is 0.591. The summed E-state index contributed by atoms with van der Waals surface area (Å²) >= 11 is 0. The van der Waals surface area contributed by atoms with Crippen molar-refractivity contribution < 1.29 is 14.3 Å². The van der Waals surface area contributed by atoms with Gasteiger partial charge in [0.15, 0.2) is 5.54 Å². The molecular formula is C22H15NO3. The van der Waals surface area contributed by atoms with E-state index in [1.807, 2.05) is 72.8 Å². The highest BCUT2D eigenvalue weighted by Crippen LogP contribution is 2.41. The number of rotatable bonds is 2. The van der Waals surface area contributed by atoms with E-state index in [1.165, 1.54) is 0 Å². The standard InChI is InChI=1S/C22H15NO3/c24-21(25)22(17-9-3-1-6-14(17)12-13-23-22)18-10-5-8-16-15-7-2-4-11-19(15)26-20(16)18/h1-13,23H,(H,24,25). The quantitative estimate of drug-likeness (QED) is 0.564. The minimum atomic E-state index is -1.40. The summed E-state index contributed by atoms with van der Waals surface area (Å²) in [5.41, 5.74) is 2.10. The van der Waals surface area contributed by atoms with Crippen molar-refractivity contribution in [3.63, 3.8) is 0 Å². The number of hydrogen-bond donors (Lipinski definition) is 2. The van der Waals surface area contributed by atoms with E-state index >= 15 is 0 Å². The molecule has 4 aromatic rings. The number of nitrogens with one attached hydrogen (secondary N) is 1. The highest BCUT2D eigenvalue weighted by Gasteiger charge is 2.46. The maximum Gasteiger partial charge on any atom is 0.338 e. The fraction of sp³-hybridized carbons (Fsp3) is 0.0455. The van der Waals surface area contributed by atoms with Gasteiger partial charge in [-0.3, -0.25) is 0 Å². The Bertz CT molecular complexity index is 1200. The van der Waals surface area contributed by atoms with Crippen LogP contribution >= 0.6 is 0 Å². The van der Waals surface area contributed by atoms with Crippen LogP contribution in [0.5, 0.6) is 0 Å². The molecule has 5 rings (SSSR count). The van der Waals surface area contributed by atoms with E-state index in [9.17, 15) is 9.90 Å². The monoisotopic (exact) mass is 341 g/mol. The highest BCUT2D eigenvalue weighted by atomic mass is 16.4. The Hall–Kier alpha value is -3.53. The number of carbonyl (C=O) groups is 1. The Morgan fingerprint density at radius 3 is 2.50 bits per heavy atom. The number of hydrogen-bond acceptors (Lipinski definition) is 3. The molecule has 26 heavy (non-hydrogen) atoms. The van der Waals surface area contributed by atoms with Gasteiger partial charge < -0.3 is 14.8 Å². The van der Waals surface area contributed by atoms with Crippen LogP contribution in [0.4, 0.5) is 0 Å². The van der Waals surface area contributed by atoms with Crippen molar-refractivity contribution in [2.24, 2.45) is 0 Å². The number of para-hydroxylation sites is 2. The second kappa shape index (κ2) is 5.23. The molecular weight excluding hydrogens is 326 g/mol. The summed E-state index contributed by atoms with van der Waals surface area (Å²) in [6.45, 7) is 0. The lowest BCUT2D eigenvalue weighted by Gasteiger charge is -2.34. The van der Waals surface area contributed by atoms with E-state index in [4.69, 9.17) is 4.42 Å². The van der Waals surface area contributed by atoms with Crippen LogP contribution in [0.15, 0.2) is 77.3 Å². The first-order valence-electron chi connectivity index (χ1n) is 8.40. The van der Waals surface area contributed by atoms with Crippen molar-refractivity contribution in [1.82, 2.24) is 5.32 Å². The van der Waals surface area contributed by atoms with Crippen molar-refractivity contribution in [3.05, 3.63) is 89.6 Å². The lowest BCUT2D eigenvalue weighted by molar-refractivity contribution is -0.143. The van der Waals surface area contributed by atoms with E-state index in [0.29, 0.717) is 16.7 Å². The van der Waals surface area contributed by atoms with Gasteiger partial charge in [0.05, 0.1) is 0 Å². The Morgan fingerprint density at radius 2 is 1.62 bits per heavy atom. The van der Waals surface area contributed by atoms with Gasteiger partial charge in [-0.05, 0) is 23.9 Å². The first-order chi connectivity index (χ1) is 12.7. The molecule has 1 unspecified atom stereocenters. The fourth-order valence-corrected chi connectivity index (χ4v) is 3.88. The van der Waals surface area contributed by atoms with Crippen LogP contribution in [0.3, 0.4) is 0 Å². The van der Waals surface area contributed by atoms with Gasteiger partial charge in [-0.15, -0.1) is 0 Å². The number of benzene rings is 3. The lowest BCUT2D eigenvalue weighted by atomic mass is 9.78. The summed E-state index contributed by atoms with van der Waals surface area (Å²) in [6.07, 6.45) is 3.58. The van der Waals surface area contributed by atoms with E-state index in [-0.39, 0.29) is 0 Å². The van der Waals surface area contributed by atoms with Crippen LogP contribution < -0.4 is 5.32 Å². The van der Waals surface area contributed by atoms with Crippen LogP contribution in [-0.4, -0.2) is 11.1 Å². The molecule has 0 saturated carbocycles. The topological polar surface area (TPSA) is 62.5 Å². The molecule has 1 aliphatic heterocycles. The predicted octanol–water partition coefficient (Wildman–Crippen LogP) is 4.49. The molecule has 1 atom stereocenters. The molecule has 2 N–H and O–H groups in total. The molecule has 0 spiro atoms. The summed E-state index contributed by atoms with van der Waals surface area (Å²) < 4.78 is 6.10. The van der Waals surface area contributed by atoms with Crippen molar-refractivity contribution in [2.45, 2.75) is 5.54 Å². The Balaban J connectivity index is 1.91. The molecule has 1 aromatic heterocycles. The van der Waals surface area contributed by atoms with Gasteiger partial charge in [-0.1, -0.05) is 60.7 Å². The lowest BCUT2D eigenvalue weighted by Crippen LogP contribution is -2.49. The van der Waals surface area contributed by atoms with E-state index in [2.05, 4.69) is 5.32 Å². The van der Waals surface area contributed by atoms with Crippen molar-refractivity contribution in [3.8, 4) is 0 Å². The largest absolute Gasteiger partial charge is 0.479 e. The number of fused-ring (bicyclic) bond motifs is 4.